The molecular weight excluding hydrogens is 258 g/mol. The van der Waals surface area contributed by atoms with E-state index in [1.165, 1.54) is 12.1 Å². The van der Waals surface area contributed by atoms with Crippen LogP contribution in [0, 0.1) is 10.1 Å². The highest BCUT2D eigenvalue weighted by Crippen LogP contribution is 2.29. The maximum absolute atomic E-state index is 10.8. The maximum atomic E-state index is 10.8. The molecule has 0 spiro atoms. The molecule has 0 N–H and O–H groups in total. The molecule has 5 nitrogen and oxygen atoms in total. The van der Waals surface area contributed by atoms with Gasteiger partial charge in [0.05, 0.1) is 18.1 Å². The highest BCUT2D eigenvalue weighted by atomic mass is 16.7. The topological polar surface area (TPSA) is 61.6 Å². The summed E-state index contributed by atoms with van der Waals surface area (Å²) in [7, 11) is 0. The predicted molar refractivity (Wildman–Crippen MR) is 71.9 cm³/mol. The lowest BCUT2D eigenvalue weighted by Gasteiger charge is -2.15. The molecule has 20 heavy (non-hydrogen) atoms. The van der Waals surface area contributed by atoms with Crippen LogP contribution >= 0.6 is 0 Å². The summed E-state index contributed by atoms with van der Waals surface area (Å²) in [4.78, 5) is 10.4. The van der Waals surface area contributed by atoms with E-state index in [0.29, 0.717) is 18.8 Å². The van der Waals surface area contributed by atoms with Gasteiger partial charge in [-0.2, -0.15) is 0 Å². The molecule has 0 saturated heterocycles. The number of nitrogens with zero attached hydrogens (tertiary/aromatic N) is 1. The molecule has 0 radical (unpaired) electrons. The molecule has 2 aromatic carbocycles. The quantitative estimate of drug-likeness (QED) is 0.620. The van der Waals surface area contributed by atoms with Crippen molar-refractivity contribution in [1.29, 1.82) is 0 Å². The minimum absolute atomic E-state index is 0.0384. The van der Waals surface area contributed by atoms with Gasteiger partial charge in [0, 0.05) is 17.7 Å². The van der Waals surface area contributed by atoms with Gasteiger partial charge in [0.1, 0.15) is 0 Å². The zero-order valence-electron chi connectivity index (χ0n) is 10.7. The molecule has 0 fully saturated rings. The third kappa shape index (κ3) is 2.54. The molecule has 0 unspecified atom stereocenters. The van der Waals surface area contributed by atoms with Gasteiger partial charge in [-0.1, -0.05) is 36.4 Å². The third-order valence-corrected chi connectivity index (χ3v) is 3.25. The molecule has 0 atom stereocenters. The average Bonchev–Trinajstić information content (AvgIpc) is 2.70. The third-order valence-electron chi connectivity index (χ3n) is 3.25. The van der Waals surface area contributed by atoms with Gasteiger partial charge >= 0.3 is 0 Å². The summed E-state index contributed by atoms with van der Waals surface area (Å²) in [6.07, 6.45) is -0.581. The number of non-ortho nitro benzene ring substituents is 1. The van der Waals surface area contributed by atoms with E-state index < -0.39 is 11.2 Å². The number of nitro benzene ring substituents is 1. The van der Waals surface area contributed by atoms with Crippen LogP contribution in [0.5, 0.6) is 0 Å². The van der Waals surface area contributed by atoms with Gasteiger partial charge in [-0.3, -0.25) is 10.1 Å². The fraction of sp³-hybridized carbons (Fsp3) is 0.200. The maximum Gasteiger partial charge on any atom is 0.269 e. The van der Waals surface area contributed by atoms with Crippen molar-refractivity contribution in [2.75, 3.05) is 0 Å². The zero-order valence-corrected chi connectivity index (χ0v) is 10.7. The van der Waals surface area contributed by atoms with Gasteiger partial charge in [0.2, 0.25) is 0 Å². The lowest BCUT2D eigenvalue weighted by atomic mass is 10.1. The summed E-state index contributed by atoms with van der Waals surface area (Å²) >= 11 is 0. The van der Waals surface area contributed by atoms with Gasteiger partial charge < -0.3 is 9.47 Å². The Balaban J connectivity index is 1.83. The molecule has 1 aliphatic heterocycles. The van der Waals surface area contributed by atoms with Crippen LogP contribution in [0.3, 0.4) is 0 Å². The van der Waals surface area contributed by atoms with Crippen LogP contribution in [-0.4, -0.2) is 4.92 Å². The van der Waals surface area contributed by atoms with Gasteiger partial charge in [-0.15, -0.1) is 0 Å². The lowest BCUT2D eigenvalue weighted by molar-refractivity contribution is -0.385. The van der Waals surface area contributed by atoms with Crippen LogP contribution in [-0.2, 0) is 22.7 Å². The van der Waals surface area contributed by atoms with Crippen molar-refractivity contribution in [1.82, 2.24) is 0 Å². The zero-order chi connectivity index (χ0) is 13.9. The number of hydrogen-bond acceptors (Lipinski definition) is 4. The average molecular weight is 271 g/mol. The Morgan fingerprint density at radius 3 is 2.25 bits per heavy atom. The second kappa shape index (κ2) is 5.40. The van der Waals surface area contributed by atoms with Gasteiger partial charge in [0.15, 0.2) is 6.29 Å². The predicted octanol–water partition coefficient (Wildman–Crippen LogP) is 3.34. The summed E-state index contributed by atoms with van der Waals surface area (Å²) in [5.41, 5.74) is 2.87. The van der Waals surface area contributed by atoms with Crippen molar-refractivity contribution < 1.29 is 14.4 Å². The molecule has 5 heteroatoms. The first-order valence-electron chi connectivity index (χ1n) is 6.28. The number of rotatable bonds is 2. The fourth-order valence-electron chi connectivity index (χ4n) is 2.20. The largest absolute Gasteiger partial charge is 0.344 e. The van der Waals surface area contributed by atoms with Crippen molar-refractivity contribution >= 4 is 5.69 Å². The van der Waals surface area contributed by atoms with Gasteiger partial charge in [-0.25, -0.2) is 0 Å². The van der Waals surface area contributed by atoms with E-state index in [1.807, 2.05) is 24.3 Å². The summed E-state index contributed by atoms with van der Waals surface area (Å²) in [6, 6.07) is 14.2. The molecule has 1 heterocycles. The van der Waals surface area contributed by atoms with Gasteiger partial charge in [0.25, 0.3) is 5.69 Å². The van der Waals surface area contributed by atoms with Crippen molar-refractivity contribution in [3.8, 4) is 0 Å². The monoisotopic (exact) mass is 271 g/mol. The van der Waals surface area contributed by atoms with Crippen LogP contribution in [0.25, 0.3) is 0 Å². The van der Waals surface area contributed by atoms with Gasteiger partial charge in [-0.05, 0) is 11.1 Å². The van der Waals surface area contributed by atoms with E-state index in [2.05, 4.69) is 0 Å². The summed E-state index contributed by atoms with van der Waals surface area (Å²) in [5, 5.41) is 10.8. The Hall–Kier alpha value is -2.24. The second-order valence-corrected chi connectivity index (χ2v) is 4.57. The van der Waals surface area contributed by atoms with Crippen molar-refractivity contribution in [3.05, 3.63) is 75.3 Å². The van der Waals surface area contributed by atoms with E-state index in [0.717, 1.165) is 11.1 Å². The number of ether oxygens (including phenoxy) is 2. The molecule has 1 aliphatic rings. The lowest BCUT2D eigenvalue weighted by Crippen LogP contribution is -2.06. The Morgan fingerprint density at radius 2 is 1.65 bits per heavy atom. The van der Waals surface area contributed by atoms with E-state index in [1.54, 1.807) is 12.1 Å². The summed E-state index contributed by atoms with van der Waals surface area (Å²) < 4.78 is 11.4. The standard InChI is InChI=1S/C15H13NO4/c17-16(18)14-7-3-6-11(8-14)15-19-9-12-4-1-2-5-13(12)10-20-15/h1-8,15H,9-10H2. The number of fused-ring (bicyclic) bond motifs is 1. The molecule has 0 aromatic heterocycles. The van der Waals surface area contributed by atoms with E-state index in [4.69, 9.17) is 9.47 Å². The van der Waals surface area contributed by atoms with Crippen LogP contribution in [0.15, 0.2) is 48.5 Å². The Morgan fingerprint density at radius 1 is 1.00 bits per heavy atom. The van der Waals surface area contributed by atoms with E-state index >= 15 is 0 Å². The SMILES string of the molecule is O=[N+]([O-])c1cccc(C2OCc3ccccc3CO2)c1. The highest BCUT2D eigenvalue weighted by molar-refractivity contribution is 5.35. The second-order valence-electron chi connectivity index (χ2n) is 4.57. The number of nitro groups is 1. The molecule has 0 saturated carbocycles. The smallest absolute Gasteiger partial charge is 0.269 e. The van der Waals surface area contributed by atoms with Crippen LogP contribution < -0.4 is 0 Å². The molecule has 0 bridgehead atoms. The Labute approximate surface area is 115 Å². The first-order valence-corrected chi connectivity index (χ1v) is 6.28. The van der Waals surface area contributed by atoms with Crippen LogP contribution in [0.1, 0.15) is 23.0 Å². The van der Waals surface area contributed by atoms with E-state index in [9.17, 15) is 10.1 Å². The Kier molecular flexibility index (Phi) is 3.45. The molecular formula is C15H13NO4. The minimum atomic E-state index is -0.581. The fourth-order valence-corrected chi connectivity index (χ4v) is 2.20. The number of benzene rings is 2. The minimum Gasteiger partial charge on any atom is -0.344 e. The number of hydrogen-bond donors (Lipinski definition) is 0. The van der Waals surface area contributed by atoms with Crippen LogP contribution in [0.4, 0.5) is 5.69 Å². The molecule has 102 valence electrons. The Bertz CT molecular complexity index is 614. The molecule has 3 rings (SSSR count). The highest BCUT2D eigenvalue weighted by Gasteiger charge is 2.20. The van der Waals surface area contributed by atoms with Crippen molar-refractivity contribution in [2.24, 2.45) is 0 Å². The van der Waals surface area contributed by atoms with Crippen LogP contribution in [0.2, 0.25) is 0 Å². The summed E-state index contributed by atoms with van der Waals surface area (Å²) in [6.45, 7) is 0.868. The molecule has 0 amide bonds. The normalized spacial score (nSPS) is 15.4. The first kappa shape index (κ1) is 12.8. The van der Waals surface area contributed by atoms with E-state index in [-0.39, 0.29) is 5.69 Å². The summed E-state index contributed by atoms with van der Waals surface area (Å²) in [5.74, 6) is 0. The van der Waals surface area contributed by atoms with Crippen molar-refractivity contribution in [3.63, 3.8) is 0 Å². The molecule has 2 aromatic rings. The molecule has 0 aliphatic carbocycles. The first-order chi connectivity index (χ1) is 9.74. The van der Waals surface area contributed by atoms with Crippen molar-refractivity contribution in [2.45, 2.75) is 19.5 Å².